The molecule has 0 saturated carbocycles. The lowest BCUT2D eigenvalue weighted by Gasteiger charge is -2.47. The van der Waals surface area contributed by atoms with E-state index in [0.717, 1.165) is 34.5 Å². The quantitative estimate of drug-likeness (QED) is 0.426. The molecule has 0 aromatic rings. The molecule has 1 aliphatic heterocycles. The fraction of sp³-hybridized carbons (Fsp3) is 0.654. The average Bonchev–Trinajstić information content (AvgIpc) is 2.98. The number of rotatable bonds is 1. The summed E-state index contributed by atoms with van der Waals surface area (Å²) in [6.07, 6.45) is 7.03. The zero-order valence-electron chi connectivity index (χ0n) is 21.2. The monoisotopic (exact) mass is 445 g/mol. The molecule has 2 unspecified atom stereocenters. The van der Waals surface area contributed by atoms with Gasteiger partial charge in [-0.05, 0) is 62.0 Å². The molecule has 172 valence electrons. The first-order valence-corrected chi connectivity index (χ1v) is 11.6. The van der Waals surface area contributed by atoms with E-state index in [0.29, 0.717) is 5.76 Å². The van der Waals surface area contributed by atoms with Crippen molar-refractivity contribution in [3.8, 4) is 0 Å². The van der Waals surface area contributed by atoms with Crippen molar-refractivity contribution < 1.29 is 5.11 Å². The number of aliphatic hydroxyl groups is 1. The van der Waals surface area contributed by atoms with Crippen LogP contribution in [0.3, 0.4) is 0 Å². The molecule has 3 rings (SSSR count). The number of halogens is 1. The van der Waals surface area contributed by atoms with E-state index in [2.05, 4.69) is 91.0 Å². The van der Waals surface area contributed by atoms with Gasteiger partial charge in [-0.3, -0.25) is 5.01 Å². The van der Waals surface area contributed by atoms with Crippen molar-refractivity contribution in [2.75, 3.05) is 0 Å². The van der Waals surface area contributed by atoms with Gasteiger partial charge in [0.1, 0.15) is 11.5 Å². The van der Waals surface area contributed by atoms with E-state index >= 15 is 0 Å². The smallest absolute Gasteiger partial charge is 0.122 e. The van der Waals surface area contributed by atoms with E-state index < -0.39 is 4.87 Å². The summed E-state index contributed by atoms with van der Waals surface area (Å²) in [5, 5.41) is 18.3. The number of allylic oxidation sites excluding steroid dienone is 5. The normalized spacial score (nSPS) is 29.7. The molecule has 0 amide bonds. The maximum atomic E-state index is 11.7. The van der Waals surface area contributed by atoms with Gasteiger partial charge in [0.2, 0.25) is 0 Å². The third-order valence-electron chi connectivity index (χ3n) is 7.12. The highest BCUT2D eigenvalue weighted by molar-refractivity contribution is 6.30. The van der Waals surface area contributed by atoms with Crippen LogP contribution in [-0.4, -0.2) is 26.2 Å². The highest BCUT2D eigenvalue weighted by atomic mass is 35.5. The summed E-state index contributed by atoms with van der Waals surface area (Å²) in [6, 6.07) is 0. The zero-order valence-corrected chi connectivity index (χ0v) is 21.9. The summed E-state index contributed by atoms with van der Waals surface area (Å²) >= 11 is 7.16. The van der Waals surface area contributed by atoms with Gasteiger partial charge in [0, 0.05) is 11.1 Å². The van der Waals surface area contributed by atoms with Crippen molar-refractivity contribution in [1.29, 1.82) is 0 Å². The Morgan fingerprint density at radius 2 is 1.65 bits per heavy atom. The van der Waals surface area contributed by atoms with Gasteiger partial charge in [0.15, 0.2) is 0 Å². The van der Waals surface area contributed by atoms with Gasteiger partial charge in [0.25, 0.3) is 0 Å². The summed E-state index contributed by atoms with van der Waals surface area (Å²) in [5.41, 5.74) is 7.25. The largest absolute Gasteiger partial charge is 0.507 e. The van der Waals surface area contributed by atoms with E-state index in [1.165, 1.54) is 0 Å². The first-order chi connectivity index (χ1) is 13.8. The number of hydrazone groups is 1. The van der Waals surface area contributed by atoms with Crippen LogP contribution in [0.25, 0.3) is 0 Å². The fourth-order valence-corrected chi connectivity index (χ4v) is 4.70. The number of alkyl halides is 1. The molecule has 0 saturated heterocycles. The Bertz CT molecular complexity index is 943. The maximum absolute atomic E-state index is 11.7. The van der Waals surface area contributed by atoms with Gasteiger partial charge in [-0.15, -0.1) is 11.6 Å². The number of hydrogen-bond donors (Lipinski definition) is 2. The van der Waals surface area contributed by atoms with Crippen molar-refractivity contribution in [3.05, 3.63) is 46.4 Å². The molecule has 1 heterocycles. The number of nitrogens with one attached hydrogen (secondary N) is 1. The van der Waals surface area contributed by atoms with Crippen LogP contribution in [0.2, 0.25) is 0 Å². The van der Waals surface area contributed by atoms with Gasteiger partial charge < -0.3 is 5.11 Å². The predicted octanol–water partition coefficient (Wildman–Crippen LogP) is 7.02. The molecule has 0 fully saturated rings. The second kappa shape index (κ2) is 6.91. The number of hydrogen-bond acceptors (Lipinski definition) is 4. The van der Waals surface area contributed by atoms with Crippen molar-refractivity contribution in [3.63, 3.8) is 0 Å². The van der Waals surface area contributed by atoms with E-state index in [4.69, 9.17) is 11.6 Å². The van der Waals surface area contributed by atoms with E-state index in [9.17, 15) is 5.11 Å². The molecule has 0 bridgehead atoms. The molecular weight excluding hydrogens is 406 g/mol. The molecule has 0 aromatic heterocycles. The second-order valence-electron chi connectivity index (χ2n) is 12.7. The third-order valence-corrected chi connectivity index (χ3v) is 7.44. The van der Waals surface area contributed by atoms with Crippen molar-refractivity contribution >= 4 is 17.3 Å². The lowest BCUT2D eigenvalue weighted by Crippen LogP contribution is -2.47. The molecule has 0 spiro atoms. The second-order valence-corrected chi connectivity index (χ2v) is 13.5. The van der Waals surface area contributed by atoms with Gasteiger partial charge in [-0.2, -0.15) is 5.10 Å². The van der Waals surface area contributed by atoms with Crippen LogP contribution in [-0.2, 0) is 0 Å². The average molecular weight is 446 g/mol. The van der Waals surface area contributed by atoms with Gasteiger partial charge >= 0.3 is 0 Å². The molecule has 31 heavy (non-hydrogen) atoms. The standard InChI is InChI=1S/C26H40ClN3O/c1-22(2,3)17-15-25(10,23(4,5)6)14-16(21(17)31)19-20-18(12-13-26(19,11)27)28-29-30(20)24(7,8)9/h12-14,29,31H,15H2,1-11H3. The van der Waals surface area contributed by atoms with Crippen LogP contribution in [0.4, 0.5) is 0 Å². The van der Waals surface area contributed by atoms with Gasteiger partial charge in [-0.25, -0.2) is 5.53 Å². The van der Waals surface area contributed by atoms with Crippen LogP contribution in [0.5, 0.6) is 0 Å². The van der Waals surface area contributed by atoms with Crippen LogP contribution in [0.1, 0.15) is 82.6 Å². The first kappa shape index (κ1) is 24.0. The fourth-order valence-electron chi connectivity index (χ4n) is 4.45. The van der Waals surface area contributed by atoms with Crippen LogP contribution in [0.15, 0.2) is 51.5 Å². The number of nitrogens with zero attached hydrogens (tertiary/aromatic N) is 2. The summed E-state index contributed by atoms with van der Waals surface area (Å²) in [4.78, 5) is -0.775. The van der Waals surface area contributed by atoms with E-state index in [1.807, 2.05) is 19.1 Å². The van der Waals surface area contributed by atoms with Crippen molar-refractivity contribution in [2.45, 2.75) is 93.0 Å². The minimum Gasteiger partial charge on any atom is -0.507 e. The summed E-state index contributed by atoms with van der Waals surface area (Å²) in [6.45, 7) is 24.0. The minimum atomic E-state index is -0.775. The van der Waals surface area contributed by atoms with Crippen LogP contribution >= 0.6 is 11.6 Å². The molecular formula is C26H40ClN3O. The first-order valence-electron chi connectivity index (χ1n) is 11.2. The van der Waals surface area contributed by atoms with E-state index in [1.54, 1.807) is 0 Å². The molecule has 0 aromatic carbocycles. The highest BCUT2D eigenvalue weighted by Gasteiger charge is 2.48. The van der Waals surface area contributed by atoms with Crippen molar-refractivity contribution in [1.82, 2.24) is 10.5 Å². The molecule has 5 heteroatoms. The predicted molar refractivity (Wildman–Crippen MR) is 132 cm³/mol. The highest BCUT2D eigenvalue weighted by Crippen LogP contribution is 2.55. The van der Waals surface area contributed by atoms with Crippen LogP contribution in [0, 0.1) is 16.2 Å². The summed E-state index contributed by atoms with van der Waals surface area (Å²) < 4.78 is 0. The third kappa shape index (κ3) is 3.97. The summed E-state index contributed by atoms with van der Waals surface area (Å²) in [5.74, 6) is 0.360. The molecule has 0 radical (unpaired) electrons. The molecule has 4 nitrogen and oxygen atoms in total. The van der Waals surface area contributed by atoms with Gasteiger partial charge in [0.05, 0.1) is 16.1 Å². The lowest BCUT2D eigenvalue weighted by molar-refractivity contribution is 0.138. The SMILES string of the molecule is CC(C)(C)C1=C(O)C(C2=C3C(=NNN3C(C)(C)C)C=CC2(C)Cl)=CC(C)(C(C)(C)C)C1. The zero-order chi connectivity index (χ0) is 23.8. The Hall–Kier alpha value is -1.68. The molecule has 2 N–H and O–H groups in total. The van der Waals surface area contributed by atoms with Crippen LogP contribution < -0.4 is 5.53 Å². The Morgan fingerprint density at radius 3 is 2.13 bits per heavy atom. The number of fused-ring (bicyclic) bond motifs is 1. The van der Waals surface area contributed by atoms with Gasteiger partial charge in [-0.1, -0.05) is 60.6 Å². The Morgan fingerprint density at radius 1 is 1.06 bits per heavy atom. The summed E-state index contributed by atoms with van der Waals surface area (Å²) in [7, 11) is 0. The molecule has 3 aliphatic rings. The number of aliphatic hydroxyl groups excluding tert-OH is 1. The topological polar surface area (TPSA) is 47.9 Å². The minimum absolute atomic E-state index is 0.00244. The lowest BCUT2D eigenvalue weighted by atomic mass is 9.58. The van der Waals surface area contributed by atoms with Crippen molar-refractivity contribution in [2.24, 2.45) is 21.3 Å². The Balaban J connectivity index is 2.39. The number of hydrazine groups is 1. The maximum Gasteiger partial charge on any atom is 0.122 e. The molecule has 2 aliphatic carbocycles. The Kier molecular flexibility index (Phi) is 5.34. The Labute approximate surface area is 193 Å². The molecule has 2 atom stereocenters. The van der Waals surface area contributed by atoms with E-state index in [-0.39, 0.29) is 21.8 Å².